The van der Waals surface area contributed by atoms with Crippen LogP contribution in [-0.4, -0.2) is 37.2 Å². The van der Waals surface area contributed by atoms with Crippen LogP contribution in [0.2, 0.25) is 0 Å². The van der Waals surface area contributed by atoms with E-state index < -0.39 is 5.41 Å². The van der Waals surface area contributed by atoms with Crippen LogP contribution in [0.4, 0.5) is 0 Å². The second-order valence-electron chi connectivity index (χ2n) is 8.73. The van der Waals surface area contributed by atoms with E-state index in [0.29, 0.717) is 5.92 Å². The molecule has 0 atom stereocenters. The van der Waals surface area contributed by atoms with Crippen LogP contribution >= 0.6 is 0 Å². The van der Waals surface area contributed by atoms with Crippen molar-refractivity contribution in [3.63, 3.8) is 0 Å². The van der Waals surface area contributed by atoms with Crippen LogP contribution in [0.5, 0.6) is 0 Å². The Balaban J connectivity index is 2.03. The summed E-state index contributed by atoms with van der Waals surface area (Å²) in [5.41, 5.74) is 1.03. The predicted molar refractivity (Wildman–Crippen MR) is 102 cm³/mol. The van der Waals surface area contributed by atoms with Crippen LogP contribution in [0, 0.1) is 11.3 Å². The van der Waals surface area contributed by atoms with E-state index >= 15 is 0 Å². The first-order valence-corrected chi connectivity index (χ1v) is 9.46. The van der Waals surface area contributed by atoms with Crippen LogP contribution < -0.4 is 5.32 Å². The fourth-order valence-corrected chi connectivity index (χ4v) is 3.22. The van der Waals surface area contributed by atoms with Gasteiger partial charge in [0.15, 0.2) is 0 Å². The molecular formula is C21H34N2O2. The Morgan fingerprint density at radius 2 is 1.80 bits per heavy atom. The summed E-state index contributed by atoms with van der Waals surface area (Å²) in [7, 11) is 0. The Bertz CT molecular complexity index is 541. The van der Waals surface area contributed by atoms with E-state index in [-0.39, 0.29) is 11.4 Å². The predicted octanol–water partition coefficient (Wildman–Crippen LogP) is 3.77. The molecule has 0 radical (unpaired) electrons. The number of rotatable bonds is 6. The summed E-state index contributed by atoms with van der Waals surface area (Å²) in [6.45, 7) is 13.7. The third kappa shape index (κ3) is 5.55. The van der Waals surface area contributed by atoms with E-state index in [2.05, 4.69) is 49.5 Å². The molecule has 1 N–H and O–H groups in total. The van der Waals surface area contributed by atoms with Crippen LogP contribution in [-0.2, 0) is 15.0 Å². The van der Waals surface area contributed by atoms with Gasteiger partial charge in [-0.05, 0) is 51.6 Å². The van der Waals surface area contributed by atoms with Crippen molar-refractivity contribution >= 4 is 5.97 Å². The van der Waals surface area contributed by atoms with Crippen molar-refractivity contribution in [2.24, 2.45) is 11.3 Å². The van der Waals surface area contributed by atoms with Crippen molar-refractivity contribution in [1.29, 1.82) is 0 Å². The fraction of sp³-hybridized carbons (Fsp3) is 0.667. The number of piperidine rings is 1. The zero-order valence-electron chi connectivity index (χ0n) is 16.5. The Hall–Kier alpha value is -1.39. The van der Waals surface area contributed by atoms with Crippen LogP contribution in [0.3, 0.4) is 0 Å². The number of hydrogen-bond donors (Lipinski definition) is 1. The van der Waals surface area contributed by atoms with Crippen molar-refractivity contribution in [3.05, 3.63) is 35.9 Å². The monoisotopic (exact) mass is 346 g/mol. The molecule has 0 aromatic heterocycles. The molecule has 0 aliphatic carbocycles. The van der Waals surface area contributed by atoms with Gasteiger partial charge >= 0.3 is 5.97 Å². The van der Waals surface area contributed by atoms with E-state index in [0.717, 1.165) is 39.0 Å². The highest BCUT2D eigenvalue weighted by Crippen LogP contribution is 2.35. The number of hydrogen-bond acceptors (Lipinski definition) is 4. The van der Waals surface area contributed by atoms with Gasteiger partial charge in [-0.1, -0.05) is 44.2 Å². The molecule has 1 aromatic rings. The Labute approximate surface area is 152 Å². The molecule has 140 valence electrons. The van der Waals surface area contributed by atoms with Gasteiger partial charge in [0.2, 0.25) is 0 Å². The van der Waals surface area contributed by atoms with E-state index in [4.69, 9.17) is 4.84 Å². The number of nitrogens with one attached hydrogen (secondary N) is 1. The minimum Gasteiger partial charge on any atom is -0.367 e. The Morgan fingerprint density at radius 3 is 2.32 bits per heavy atom. The smallest absolute Gasteiger partial charge is 0.330 e. The second-order valence-corrected chi connectivity index (χ2v) is 8.73. The van der Waals surface area contributed by atoms with Gasteiger partial charge in [0.1, 0.15) is 0 Å². The Morgan fingerprint density at radius 1 is 1.20 bits per heavy atom. The van der Waals surface area contributed by atoms with E-state index in [1.54, 1.807) is 0 Å². The summed E-state index contributed by atoms with van der Waals surface area (Å²) in [6, 6.07) is 10.8. The highest BCUT2D eigenvalue weighted by Gasteiger charge is 2.38. The van der Waals surface area contributed by atoms with E-state index in [1.165, 1.54) is 5.56 Å². The number of benzene rings is 1. The molecule has 2 rings (SSSR count). The number of carbonyl (C=O) groups excluding carboxylic acids is 1. The molecule has 0 spiro atoms. The Kier molecular flexibility index (Phi) is 6.64. The van der Waals surface area contributed by atoms with E-state index in [9.17, 15) is 4.79 Å². The maximum atomic E-state index is 12.1. The lowest BCUT2D eigenvalue weighted by atomic mass is 9.73. The zero-order chi connectivity index (χ0) is 18.5. The van der Waals surface area contributed by atoms with Crippen molar-refractivity contribution in [1.82, 2.24) is 10.4 Å². The molecule has 0 saturated carbocycles. The molecule has 1 aliphatic rings. The number of nitrogens with zero attached hydrogens (tertiary/aromatic N) is 1. The minimum atomic E-state index is -0.465. The molecule has 1 saturated heterocycles. The lowest BCUT2D eigenvalue weighted by molar-refractivity contribution is -0.207. The lowest BCUT2D eigenvalue weighted by Gasteiger charge is -2.42. The van der Waals surface area contributed by atoms with Gasteiger partial charge in [0, 0.05) is 25.0 Å². The summed E-state index contributed by atoms with van der Waals surface area (Å²) in [4.78, 5) is 17.7. The molecule has 0 amide bonds. The second kappa shape index (κ2) is 8.33. The number of carbonyl (C=O) groups is 1. The standard InChI is InChI=1S/C21H34N2O2/c1-17(2)15-22-16-21(18-9-7-6-8-10-18)11-13-23(14-12-21)25-19(24)20(3,4)5/h6-10,17,22H,11-16H2,1-5H3. The molecule has 25 heavy (non-hydrogen) atoms. The molecule has 4 heteroatoms. The van der Waals surface area contributed by atoms with Crippen molar-refractivity contribution in [2.75, 3.05) is 26.2 Å². The van der Waals surface area contributed by atoms with Gasteiger partial charge in [0.25, 0.3) is 0 Å². The summed E-state index contributed by atoms with van der Waals surface area (Å²) in [6.07, 6.45) is 1.97. The molecule has 1 aromatic carbocycles. The third-order valence-corrected chi connectivity index (χ3v) is 4.91. The van der Waals surface area contributed by atoms with Gasteiger partial charge in [-0.3, -0.25) is 0 Å². The topological polar surface area (TPSA) is 41.6 Å². The SMILES string of the molecule is CC(C)CNCC1(c2ccccc2)CCN(OC(=O)C(C)(C)C)CC1. The van der Waals surface area contributed by atoms with Crippen LogP contribution in [0.1, 0.15) is 53.0 Å². The first-order valence-electron chi connectivity index (χ1n) is 9.46. The molecule has 0 bridgehead atoms. The molecular weight excluding hydrogens is 312 g/mol. The van der Waals surface area contributed by atoms with Crippen molar-refractivity contribution in [3.8, 4) is 0 Å². The molecule has 4 nitrogen and oxygen atoms in total. The molecule has 1 heterocycles. The third-order valence-electron chi connectivity index (χ3n) is 4.91. The highest BCUT2D eigenvalue weighted by molar-refractivity contribution is 5.75. The summed E-state index contributed by atoms with van der Waals surface area (Å²) < 4.78 is 0. The van der Waals surface area contributed by atoms with Crippen LogP contribution in [0.25, 0.3) is 0 Å². The lowest BCUT2D eigenvalue weighted by Crippen LogP contribution is -2.49. The number of hydroxylamine groups is 2. The normalized spacial score (nSPS) is 18.3. The first kappa shape index (κ1) is 19.9. The molecule has 0 unspecified atom stereocenters. The van der Waals surface area contributed by atoms with Crippen molar-refractivity contribution in [2.45, 2.75) is 52.9 Å². The average molecular weight is 347 g/mol. The maximum Gasteiger partial charge on any atom is 0.330 e. The van der Waals surface area contributed by atoms with Gasteiger partial charge in [-0.2, -0.15) is 0 Å². The van der Waals surface area contributed by atoms with Crippen molar-refractivity contribution < 1.29 is 9.63 Å². The van der Waals surface area contributed by atoms with Gasteiger partial charge in [-0.25, -0.2) is 4.79 Å². The van der Waals surface area contributed by atoms with Gasteiger partial charge < -0.3 is 10.2 Å². The highest BCUT2D eigenvalue weighted by atomic mass is 16.7. The maximum absolute atomic E-state index is 12.1. The average Bonchev–Trinajstić information content (AvgIpc) is 2.56. The largest absolute Gasteiger partial charge is 0.367 e. The summed E-state index contributed by atoms with van der Waals surface area (Å²) >= 11 is 0. The van der Waals surface area contributed by atoms with Crippen LogP contribution in [0.15, 0.2) is 30.3 Å². The minimum absolute atomic E-state index is 0.112. The first-order chi connectivity index (χ1) is 11.7. The summed E-state index contributed by atoms with van der Waals surface area (Å²) in [5.74, 6) is 0.485. The summed E-state index contributed by atoms with van der Waals surface area (Å²) in [5, 5.41) is 5.49. The van der Waals surface area contributed by atoms with E-state index in [1.807, 2.05) is 25.8 Å². The van der Waals surface area contributed by atoms with Gasteiger partial charge in [0.05, 0.1) is 5.41 Å². The zero-order valence-corrected chi connectivity index (χ0v) is 16.5. The molecule has 1 fully saturated rings. The van der Waals surface area contributed by atoms with Gasteiger partial charge in [-0.15, -0.1) is 5.06 Å². The molecule has 1 aliphatic heterocycles. The fourth-order valence-electron chi connectivity index (χ4n) is 3.22. The quantitative estimate of drug-likeness (QED) is 0.851.